The van der Waals surface area contributed by atoms with E-state index in [0.29, 0.717) is 0 Å². The Morgan fingerprint density at radius 3 is 2.93 bits per heavy atom. The topological polar surface area (TPSA) is 27.1 Å². The van der Waals surface area contributed by atoms with E-state index in [-0.39, 0.29) is 0 Å². The van der Waals surface area contributed by atoms with Gasteiger partial charge in [-0.1, -0.05) is 6.07 Å². The highest BCUT2D eigenvalue weighted by molar-refractivity contribution is 9.10. The lowest BCUT2D eigenvalue weighted by Gasteiger charge is -2.06. The van der Waals surface area contributed by atoms with Crippen molar-refractivity contribution >= 4 is 15.9 Å². The molecule has 4 heteroatoms. The van der Waals surface area contributed by atoms with Gasteiger partial charge in [0.15, 0.2) is 0 Å². The number of rotatable bonds is 3. The van der Waals surface area contributed by atoms with Gasteiger partial charge in [-0.15, -0.1) is 0 Å². The molecule has 3 nitrogen and oxygen atoms in total. The minimum absolute atomic E-state index is 0.773. The summed E-state index contributed by atoms with van der Waals surface area (Å²) in [7, 11) is 1.66. The van der Waals surface area contributed by atoms with Crippen molar-refractivity contribution in [1.29, 1.82) is 0 Å². The average molecular weight is 267 g/mol. The lowest BCUT2D eigenvalue weighted by molar-refractivity contribution is 0.412. The summed E-state index contributed by atoms with van der Waals surface area (Å²) in [5, 5.41) is 4.15. The maximum atomic E-state index is 5.17. The first-order valence-electron chi connectivity index (χ1n) is 4.59. The first kappa shape index (κ1) is 10.2. The van der Waals surface area contributed by atoms with Crippen molar-refractivity contribution in [3.8, 4) is 5.75 Å². The monoisotopic (exact) mass is 266 g/mol. The highest BCUT2D eigenvalue weighted by Gasteiger charge is 2.01. The predicted octanol–water partition coefficient (Wildman–Crippen LogP) is 2.70. The number of halogens is 1. The van der Waals surface area contributed by atoms with E-state index in [4.69, 9.17) is 4.74 Å². The number of hydrogen-bond donors (Lipinski definition) is 0. The van der Waals surface area contributed by atoms with Gasteiger partial charge in [0.2, 0.25) is 0 Å². The Morgan fingerprint density at radius 1 is 1.47 bits per heavy atom. The van der Waals surface area contributed by atoms with Gasteiger partial charge in [-0.25, -0.2) is 0 Å². The van der Waals surface area contributed by atoms with E-state index in [2.05, 4.69) is 21.0 Å². The van der Waals surface area contributed by atoms with Crippen LogP contribution in [-0.2, 0) is 6.54 Å². The molecule has 15 heavy (non-hydrogen) atoms. The van der Waals surface area contributed by atoms with Crippen molar-refractivity contribution in [3.63, 3.8) is 0 Å². The Kier molecular flexibility index (Phi) is 3.06. The largest absolute Gasteiger partial charge is 0.496 e. The first-order valence-corrected chi connectivity index (χ1v) is 5.39. The lowest BCUT2D eigenvalue weighted by atomic mass is 10.2. The van der Waals surface area contributed by atoms with Crippen molar-refractivity contribution in [2.24, 2.45) is 0 Å². The number of ether oxygens (including phenoxy) is 1. The Bertz CT molecular complexity index is 440. The van der Waals surface area contributed by atoms with Crippen LogP contribution in [-0.4, -0.2) is 16.9 Å². The second-order valence-corrected chi connectivity index (χ2v) is 4.03. The smallest absolute Gasteiger partial charge is 0.133 e. The Hall–Kier alpha value is -1.29. The minimum Gasteiger partial charge on any atom is -0.496 e. The third-order valence-corrected chi connectivity index (χ3v) is 2.74. The molecule has 2 aromatic rings. The minimum atomic E-state index is 0.773. The zero-order valence-corrected chi connectivity index (χ0v) is 9.94. The molecule has 2 rings (SSSR count). The number of aromatic nitrogens is 2. The fourth-order valence-electron chi connectivity index (χ4n) is 1.39. The molecule has 0 aliphatic rings. The molecule has 1 aromatic carbocycles. The van der Waals surface area contributed by atoms with Gasteiger partial charge in [-0.2, -0.15) is 5.10 Å². The Labute approximate surface area is 96.8 Å². The first-order chi connectivity index (χ1) is 7.29. The summed E-state index contributed by atoms with van der Waals surface area (Å²) in [6.45, 7) is 0.773. The molecule has 0 amide bonds. The van der Waals surface area contributed by atoms with Gasteiger partial charge in [0.1, 0.15) is 5.75 Å². The third-order valence-electron chi connectivity index (χ3n) is 2.12. The van der Waals surface area contributed by atoms with Gasteiger partial charge >= 0.3 is 0 Å². The Balaban J connectivity index is 2.20. The maximum Gasteiger partial charge on any atom is 0.133 e. The number of methoxy groups -OCH3 is 1. The fourth-order valence-corrected chi connectivity index (χ4v) is 1.98. The van der Waals surface area contributed by atoms with Crippen LogP contribution < -0.4 is 4.74 Å². The van der Waals surface area contributed by atoms with Gasteiger partial charge in [-0.05, 0) is 39.7 Å². The van der Waals surface area contributed by atoms with Gasteiger partial charge in [0, 0.05) is 12.4 Å². The summed E-state index contributed by atoms with van der Waals surface area (Å²) in [6, 6.07) is 7.94. The molecule has 0 atom stereocenters. The lowest BCUT2D eigenvalue weighted by Crippen LogP contribution is -1.99. The van der Waals surface area contributed by atoms with Crippen LogP contribution in [0.3, 0.4) is 0 Å². The number of nitrogens with zero attached hydrogens (tertiary/aromatic N) is 2. The summed E-state index contributed by atoms with van der Waals surface area (Å²) >= 11 is 3.46. The van der Waals surface area contributed by atoms with Crippen molar-refractivity contribution in [2.75, 3.05) is 7.11 Å². The Morgan fingerprint density at radius 2 is 2.33 bits per heavy atom. The molecule has 1 heterocycles. The van der Waals surface area contributed by atoms with Gasteiger partial charge in [0.05, 0.1) is 18.1 Å². The van der Waals surface area contributed by atoms with Gasteiger partial charge in [0.25, 0.3) is 0 Å². The normalized spacial score (nSPS) is 10.3. The molecule has 0 aliphatic heterocycles. The number of benzene rings is 1. The van der Waals surface area contributed by atoms with Crippen LogP contribution in [0.25, 0.3) is 0 Å². The molecule has 1 aromatic heterocycles. The standard InChI is InChI=1S/C11H11BrN2O/c1-15-11-4-3-9(7-10(11)12)8-14-6-2-5-13-14/h2-7H,8H2,1H3. The van der Waals surface area contributed by atoms with Crippen LogP contribution in [0, 0.1) is 0 Å². The molecule has 0 unspecified atom stereocenters. The molecule has 0 saturated carbocycles. The van der Waals surface area contributed by atoms with Crippen molar-refractivity contribution in [1.82, 2.24) is 9.78 Å². The van der Waals surface area contributed by atoms with Gasteiger partial charge in [-0.3, -0.25) is 4.68 Å². The van der Waals surface area contributed by atoms with Crippen molar-refractivity contribution in [3.05, 3.63) is 46.7 Å². The predicted molar refractivity (Wildman–Crippen MR) is 62.0 cm³/mol. The summed E-state index contributed by atoms with van der Waals surface area (Å²) in [6.07, 6.45) is 3.72. The molecule has 78 valence electrons. The van der Waals surface area contributed by atoms with Crippen molar-refractivity contribution < 1.29 is 4.74 Å². The summed E-state index contributed by atoms with van der Waals surface area (Å²) in [5.74, 6) is 0.846. The zero-order valence-electron chi connectivity index (χ0n) is 8.35. The molecule has 0 aliphatic carbocycles. The fraction of sp³-hybridized carbons (Fsp3) is 0.182. The van der Waals surface area contributed by atoms with E-state index in [9.17, 15) is 0 Å². The molecule has 0 radical (unpaired) electrons. The zero-order chi connectivity index (χ0) is 10.7. The maximum absolute atomic E-state index is 5.17. The highest BCUT2D eigenvalue weighted by atomic mass is 79.9. The van der Waals surface area contributed by atoms with Crippen LogP contribution in [0.4, 0.5) is 0 Å². The van der Waals surface area contributed by atoms with Crippen LogP contribution in [0.5, 0.6) is 5.75 Å². The van der Waals surface area contributed by atoms with Crippen molar-refractivity contribution in [2.45, 2.75) is 6.54 Å². The van der Waals surface area contributed by atoms with E-state index in [1.165, 1.54) is 5.56 Å². The van der Waals surface area contributed by atoms with Crippen LogP contribution in [0.2, 0.25) is 0 Å². The summed E-state index contributed by atoms with van der Waals surface area (Å²) in [4.78, 5) is 0. The van der Waals surface area contributed by atoms with Crippen LogP contribution in [0.1, 0.15) is 5.56 Å². The SMILES string of the molecule is COc1ccc(Cn2cccn2)cc1Br. The average Bonchev–Trinajstić information content (AvgIpc) is 2.71. The van der Waals surface area contributed by atoms with E-state index in [1.54, 1.807) is 13.3 Å². The highest BCUT2D eigenvalue weighted by Crippen LogP contribution is 2.25. The molecule has 0 bridgehead atoms. The van der Waals surface area contributed by atoms with Gasteiger partial charge < -0.3 is 4.74 Å². The summed E-state index contributed by atoms with van der Waals surface area (Å²) < 4.78 is 8.02. The van der Waals surface area contributed by atoms with E-state index < -0.39 is 0 Å². The second-order valence-electron chi connectivity index (χ2n) is 3.17. The van der Waals surface area contributed by atoms with Crippen LogP contribution >= 0.6 is 15.9 Å². The molecule has 0 saturated heterocycles. The van der Waals surface area contributed by atoms with Crippen LogP contribution in [0.15, 0.2) is 41.1 Å². The molecule has 0 N–H and O–H groups in total. The quantitative estimate of drug-likeness (QED) is 0.854. The molecule has 0 spiro atoms. The third kappa shape index (κ3) is 2.39. The van der Waals surface area contributed by atoms with E-state index >= 15 is 0 Å². The second kappa shape index (κ2) is 4.49. The molecular formula is C11H11BrN2O. The summed E-state index contributed by atoms with van der Waals surface area (Å²) in [5.41, 5.74) is 1.19. The molecule has 0 fully saturated rings. The van der Waals surface area contributed by atoms with E-state index in [1.807, 2.05) is 35.1 Å². The number of hydrogen-bond acceptors (Lipinski definition) is 2. The van der Waals surface area contributed by atoms with E-state index in [0.717, 1.165) is 16.8 Å². The molecular weight excluding hydrogens is 256 g/mol.